The maximum Gasteiger partial charge on any atom is 0.0681 e. The number of nitrogens with one attached hydrogen (secondary N) is 1. The van der Waals surface area contributed by atoms with Crippen LogP contribution in [0.25, 0.3) is 0 Å². The highest BCUT2D eigenvalue weighted by Crippen LogP contribution is 2.15. The zero-order chi connectivity index (χ0) is 13.6. The van der Waals surface area contributed by atoms with Crippen LogP contribution in [0, 0.1) is 0 Å². The van der Waals surface area contributed by atoms with Gasteiger partial charge in [-0.25, -0.2) is 0 Å². The maximum absolute atomic E-state index is 9.09. The van der Waals surface area contributed by atoms with Crippen LogP contribution in [0.2, 0.25) is 0 Å². The third kappa shape index (κ3) is 5.17. The summed E-state index contributed by atoms with van der Waals surface area (Å²) < 4.78 is 5.42. The number of benzene rings is 1. The molecule has 0 bridgehead atoms. The van der Waals surface area contributed by atoms with Crippen molar-refractivity contribution in [3.8, 4) is 0 Å². The van der Waals surface area contributed by atoms with Gasteiger partial charge in [-0.05, 0) is 38.3 Å². The van der Waals surface area contributed by atoms with Crippen molar-refractivity contribution in [1.29, 1.82) is 0 Å². The second-order valence-corrected chi connectivity index (χ2v) is 5.43. The Labute approximate surface area is 110 Å². The van der Waals surface area contributed by atoms with E-state index in [1.54, 1.807) is 7.11 Å². The Morgan fingerprint density at radius 3 is 2.61 bits per heavy atom. The number of aliphatic hydroxyl groups excluding tert-OH is 1. The summed E-state index contributed by atoms with van der Waals surface area (Å²) in [4.78, 5) is 0. The van der Waals surface area contributed by atoms with Gasteiger partial charge in [-0.1, -0.05) is 24.3 Å². The summed E-state index contributed by atoms with van der Waals surface area (Å²) in [6, 6.07) is 8.40. The minimum Gasteiger partial charge on any atom is -0.392 e. The van der Waals surface area contributed by atoms with E-state index in [4.69, 9.17) is 9.84 Å². The molecule has 0 spiro atoms. The lowest BCUT2D eigenvalue weighted by Crippen LogP contribution is -2.35. The van der Waals surface area contributed by atoms with E-state index in [1.807, 2.05) is 18.2 Å². The summed E-state index contributed by atoms with van der Waals surface area (Å²) in [6.45, 7) is 7.26. The molecule has 0 aliphatic heterocycles. The van der Waals surface area contributed by atoms with Gasteiger partial charge in [-0.15, -0.1) is 0 Å². The molecule has 0 amide bonds. The summed E-state index contributed by atoms with van der Waals surface area (Å²) in [5, 5.41) is 12.6. The van der Waals surface area contributed by atoms with Gasteiger partial charge in [0.25, 0.3) is 0 Å². The van der Waals surface area contributed by atoms with Gasteiger partial charge in [-0.3, -0.25) is 0 Å². The number of ether oxygens (including phenoxy) is 1. The van der Waals surface area contributed by atoms with E-state index in [0.29, 0.717) is 6.04 Å². The Bertz CT molecular complexity index is 363. The van der Waals surface area contributed by atoms with E-state index in [1.165, 1.54) is 5.56 Å². The Hall–Kier alpha value is -0.900. The summed E-state index contributed by atoms with van der Waals surface area (Å²) in [7, 11) is 1.75. The average molecular weight is 251 g/mol. The van der Waals surface area contributed by atoms with Gasteiger partial charge in [0.15, 0.2) is 0 Å². The second kappa shape index (κ2) is 6.88. The van der Waals surface area contributed by atoms with Crippen LogP contribution in [-0.2, 0) is 17.9 Å². The molecule has 2 N–H and O–H groups in total. The van der Waals surface area contributed by atoms with E-state index >= 15 is 0 Å². The number of aliphatic hydroxyl groups is 1. The number of hydrogen-bond donors (Lipinski definition) is 2. The van der Waals surface area contributed by atoms with Crippen LogP contribution < -0.4 is 5.32 Å². The van der Waals surface area contributed by atoms with Gasteiger partial charge < -0.3 is 15.2 Å². The predicted molar refractivity (Wildman–Crippen MR) is 74.4 cm³/mol. The smallest absolute Gasteiger partial charge is 0.0681 e. The van der Waals surface area contributed by atoms with Gasteiger partial charge >= 0.3 is 0 Å². The molecule has 1 atom stereocenters. The molecule has 0 saturated carbocycles. The summed E-state index contributed by atoms with van der Waals surface area (Å²) in [5.74, 6) is 0. The van der Waals surface area contributed by atoms with Crippen LogP contribution in [0.4, 0.5) is 0 Å². The Kier molecular flexibility index (Phi) is 5.79. The molecule has 18 heavy (non-hydrogen) atoms. The molecule has 1 rings (SSSR count). The highest BCUT2D eigenvalue weighted by molar-refractivity contribution is 5.22. The first kappa shape index (κ1) is 15.2. The molecular weight excluding hydrogens is 226 g/mol. The fourth-order valence-electron chi connectivity index (χ4n) is 2.02. The van der Waals surface area contributed by atoms with E-state index < -0.39 is 0 Å². The lowest BCUT2D eigenvalue weighted by atomic mass is 9.99. The van der Waals surface area contributed by atoms with Crippen LogP contribution in [0.15, 0.2) is 24.3 Å². The molecule has 1 aromatic rings. The molecule has 0 saturated heterocycles. The Morgan fingerprint density at radius 1 is 1.33 bits per heavy atom. The second-order valence-electron chi connectivity index (χ2n) is 5.43. The fraction of sp³-hybridized carbons (Fsp3) is 0.600. The molecule has 0 heterocycles. The molecule has 102 valence electrons. The van der Waals surface area contributed by atoms with E-state index in [-0.39, 0.29) is 12.2 Å². The zero-order valence-electron chi connectivity index (χ0n) is 11.9. The van der Waals surface area contributed by atoms with Crippen LogP contribution in [-0.4, -0.2) is 23.9 Å². The number of methoxy groups -OCH3 is 1. The zero-order valence-corrected chi connectivity index (χ0v) is 11.9. The maximum atomic E-state index is 9.09. The molecule has 0 aliphatic rings. The molecule has 0 unspecified atom stereocenters. The molecule has 0 aliphatic carbocycles. The van der Waals surface area contributed by atoms with E-state index in [2.05, 4.69) is 32.2 Å². The first-order valence-electron chi connectivity index (χ1n) is 6.44. The highest BCUT2D eigenvalue weighted by Gasteiger charge is 2.19. The van der Waals surface area contributed by atoms with Crippen LogP contribution in [0.1, 0.15) is 38.3 Å². The summed E-state index contributed by atoms with van der Waals surface area (Å²) >= 11 is 0. The quantitative estimate of drug-likeness (QED) is 0.782. The monoisotopic (exact) mass is 251 g/mol. The highest BCUT2D eigenvalue weighted by atomic mass is 16.5. The SMILES string of the molecule is COC(C)(C)C[C@@H](C)NCc1cccc(CO)c1. The average Bonchev–Trinajstić information content (AvgIpc) is 2.36. The van der Waals surface area contributed by atoms with Crippen LogP contribution in [0.5, 0.6) is 0 Å². The normalized spacial score (nSPS) is 13.6. The predicted octanol–water partition coefficient (Wildman–Crippen LogP) is 2.47. The van der Waals surface area contributed by atoms with Crippen LogP contribution >= 0.6 is 0 Å². The minimum absolute atomic E-state index is 0.0973. The van der Waals surface area contributed by atoms with Crippen molar-refractivity contribution in [2.24, 2.45) is 0 Å². The minimum atomic E-state index is -0.0979. The number of rotatable bonds is 7. The van der Waals surface area contributed by atoms with Crippen molar-refractivity contribution in [3.63, 3.8) is 0 Å². The van der Waals surface area contributed by atoms with Gasteiger partial charge in [0, 0.05) is 19.7 Å². The Balaban J connectivity index is 2.44. The lowest BCUT2D eigenvalue weighted by molar-refractivity contribution is 0.00844. The summed E-state index contributed by atoms with van der Waals surface area (Å²) in [6.07, 6.45) is 0.961. The summed E-state index contributed by atoms with van der Waals surface area (Å²) in [5.41, 5.74) is 2.06. The van der Waals surface area contributed by atoms with Gasteiger partial charge in [-0.2, -0.15) is 0 Å². The largest absolute Gasteiger partial charge is 0.392 e. The topological polar surface area (TPSA) is 41.5 Å². The van der Waals surface area contributed by atoms with Gasteiger partial charge in [0.2, 0.25) is 0 Å². The lowest BCUT2D eigenvalue weighted by Gasteiger charge is -2.27. The van der Waals surface area contributed by atoms with Crippen molar-refractivity contribution < 1.29 is 9.84 Å². The molecule has 3 nitrogen and oxygen atoms in total. The van der Waals surface area contributed by atoms with Crippen molar-refractivity contribution in [2.45, 2.75) is 52.0 Å². The van der Waals surface area contributed by atoms with E-state index in [9.17, 15) is 0 Å². The first-order chi connectivity index (χ1) is 8.46. The molecule has 0 fully saturated rings. The first-order valence-corrected chi connectivity index (χ1v) is 6.44. The molecule has 3 heteroatoms. The number of hydrogen-bond acceptors (Lipinski definition) is 3. The van der Waals surface area contributed by atoms with Crippen LogP contribution in [0.3, 0.4) is 0 Å². The Morgan fingerprint density at radius 2 is 2.00 bits per heavy atom. The standard InChI is InChI=1S/C15H25NO2/c1-12(9-15(2,3)18-4)16-10-13-6-5-7-14(8-13)11-17/h5-8,12,16-17H,9-11H2,1-4H3/t12-/m1/s1. The van der Waals surface area contributed by atoms with Gasteiger partial charge in [0.05, 0.1) is 12.2 Å². The molecule has 0 radical (unpaired) electrons. The molecule has 1 aromatic carbocycles. The molecule has 0 aromatic heterocycles. The molecular formula is C15H25NO2. The third-order valence-electron chi connectivity index (χ3n) is 3.18. The van der Waals surface area contributed by atoms with Crippen molar-refractivity contribution >= 4 is 0 Å². The van der Waals surface area contributed by atoms with Crippen molar-refractivity contribution in [2.75, 3.05) is 7.11 Å². The van der Waals surface area contributed by atoms with Gasteiger partial charge in [0.1, 0.15) is 0 Å². The third-order valence-corrected chi connectivity index (χ3v) is 3.18. The van der Waals surface area contributed by atoms with Crippen molar-refractivity contribution in [3.05, 3.63) is 35.4 Å². The van der Waals surface area contributed by atoms with Crippen molar-refractivity contribution in [1.82, 2.24) is 5.32 Å². The fourth-order valence-corrected chi connectivity index (χ4v) is 2.02. The van der Waals surface area contributed by atoms with E-state index in [0.717, 1.165) is 18.5 Å².